The third kappa shape index (κ3) is 3.66. The number of benzene rings is 1. The fraction of sp³-hybridized carbons (Fsp3) is 0.600. The second-order valence-electron chi connectivity index (χ2n) is 6.28. The number of hydrogen-bond donors (Lipinski definition) is 1. The standard InChI is InChI=1S/C15H21F3O2S/c1-13(2,3)21(20)10-14(4,15(17,18)9-19)11-7-5-6-8-12(11)16/h5-8,19H,9-10H2,1-4H3/t14-,21-/m1/s1. The van der Waals surface area contributed by atoms with Crippen LogP contribution in [-0.4, -0.2) is 32.3 Å². The molecule has 21 heavy (non-hydrogen) atoms. The molecule has 0 aliphatic rings. The van der Waals surface area contributed by atoms with E-state index in [9.17, 15) is 17.4 Å². The van der Waals surface area contributed by atoms with Gasteiger partial charge in [-0.1, -0.05) is 18.2 Å². The summed E-state index contributed by atoms with van der Waals surface area (Å²) in [6.07, 6.45) is 0. The summed E-state index contributed by atoms with van der Waals surface area (Å²) in [7, 11) is -1.62. The summed E-state index contributed by atoms with van der Waals surface area (Å²) in [4.78, 5) is 0. The summed E-state index contributed by atoms with van der Waals surface area (Å²) in [5, 5.41) is 9.03. The minimum atomic E-state index is -3.59. The molecule has 2 atom stereocenters. The summed E-state index contributed by atoms with van der Waals surface area (Å²) in [6.45, 7) is 4.72. The van der Waals surface area contributed by atoms with Gasteiger partial charge in [0.15, 0.2) is 0 Å². The van der Waals surface area contributed by atoms with Crippen LogP contribution in [-0.2, 0) is 16.2 Å². The first kappa shape index (κ1) is 18.2. The van der Waals surface area contributed by atoms with E-state index in [4.69, 9.17) is 5.11 Å². The van der Waals surface area contributed by atoms with Gasteiger partial charge in [0, 0.05) is 26.9 Å². The van der Waals surface area contributed by atoms with E-state index < -0.39 is 45.1 Å². The Morgan fingerprint density at radius 3 is 2.10 bits per heavy atom. The lowest BCUT2D eigenvalue weighted by Gasteiger charge is -2.38. The van der Waals surface area contributed by atoms with Gasteiger partial charge in [-0.3, -0.25) is 4.21 Å². The molecular formula is C15H21F3O2S. The van der Waals surface area contributed by atoms with E-state index >= 15 is 0 Å². The summed E-state index contributed by atoms with van der Waals surface area (Å²) < 4.78 is 54.1. The molecule has 1 N–H and O–H groups in total. The average Bonchev–Trinajstić information content (AvgIpc) is 2.37. The Morgan fingerprint density at radius 1 is 1.14 bits per heavy atom. The van der Waals surface area contributed by atoms with Crippen molar-refractivity contribution in [1.29, 1.82) is 0 Å². The number of rotatable bonds is 5. The van der Waals surface area contributed by atoms with Gasteiger partial charge in [0.25, 0.3) is 5.92 Å². The highest BCUT2D eigenvalue weighted by Crippen LogP contribution is 2.42. The minimum absolute atomic E-state index is 0.235. The van der Waals surface area contributed by atoms with Crippen LogP contribution in [0.25, 0.3) is 0 Å². The maximum atomic E-state index is 14.3. The highest BCUT2D eigenvalue weighted by molar-refractivity contribution is 7.86. The second-order valence-corrected chi connectivity index (χ2v) is 8.48. The first-order valence-corrected chi connectivity index (χ1v) is 7.90. The van der Waals surface area contributed by atoms with Gasteiger partial charge in [-0.2, -0.15) is 0 Å². The molecule has 0 unspecified atom stereocenters. The van der Waals surface area contributed by atoms with Crippen molar-refractivity contribution in [2.45, 2.75) is 43.8 Å². The molecule has 0 fully saturated rings. The second kappa shape index (κ2) is 6.08. The monoisotopic (exact) mass is 322 g/mol. The molecular weight excluding hydrogens is 301 g/mol. The maximum Gasteiger partial charge on any atom is 0.280 e. The summed E-state index contributed by atoms with van der Waals surface area (Å²) >= 11 is 0. The molecule has 1 aromatic rings. The predicted octanol–water partition coefficient (Wildman–Crippen LogP) is 3.26. The van der Waals surface area contributed by atoms with Gasteiger partial charge in [-0.05, 0) is 33.8 Å². The molecule has 0 saturated heterocycles. The van der Waals surface area contributed by atoms with Crippen molar-refractivity contribution >= 4 is 10.8 Å². The third-order valence-electron chi connectivity index (χ3n) is 3.58. The van der Waals surface area contributed by atoms with E-state index in [-0.39, 0.29) is 5.56 Å². The van der Waals surface area contributed by atoms with Crippen molar-refractivity contribution < 1.29 is 22.5 Å². The zero-order valence-electron chi connectivity index (χ0n) is 12.6. The van der Waals surface area contributed by atoms with Crippen LogP contribution in [0.3, 0.4) is 0 Å². The Morgan fingerprint density at radius 2 is 1.67 bits per heavy atom. The Balaban J connectivity index is 3.39. The van der Waals surface area contributed by atoms with Crippen molar-refractivity contribution in [2.24, 2.45) is 0 Å². The van der Waals surface area contributed by atoms with E-state index in [0.717, 1.165) is 13.0 Å². The van der Waals surface area contributed by atoms with Gasteiger partial charge < -0.3 is 5.11 Å². The molecule has 0 radical (unpaired) electrons. The smallest absolute Gasteiger partial charge is 0.280 e. The Labute approximate surface area is 125 Å². The van der Waals surface area contributed by atoms with Crippen LogP contribution < -0.4 is 0 Å². The van der Waals surface area contributed by atoms with Crippen molar-refractivity contribution in [3.63, 3.8) is 0 Å². The molecule has 0 aliphatic heterocycles. The van der Waals surface area contributed by atoms with Crippen molar-refractivity contribution in [2.75, 3.05) is 12.4 Å². The molecule has 1 rings (SSSR count). The molecule has 6 heteroatoms. The van der Waals surface area contributed by atoms with Gasteiger partial charge in [-0.25, -0.2) is 13.2 Å². The predicted molar refractivity (Wildman–Crippen MR) is 78.5 cm³/mol. The molecule has 120 valence electrons. The fourth-order valence-corrected chi connectivity index (χ4v) is 3.27. The highest BCUT2D eigenvalue weighted by Gasteiger charge is 2.53. The Kier molecular flexibility index (Phi) is 5.26. The van der Waals surface area contributed by atoms with Crippen LogP contribution in [0, 0.1) is 5.82 Å². The Bertz CT molecular complexity index is 526. The zero-order valence-corrected chi connectivity index (χ0v) is 13.4. The van der Waals surface area contributed by atoms with Gasteiger partial charge in [-0.15, -0.1) is 0 Å². The minimum Gasteiger partial charge on any atom is -0.390 e. The van der Waals surface area contributed by atoms with Crippen LogP contribution in [0.2, 0.25) is 0 Å². The molecule has 0 saturated carbocycles. The van der Waals surface area contributed by atoms with Gasteiger partial charge >= 0.3 is 0 Å². The van der Waals surface area contributed by atoms with Gasteiger partial charge in [0.05, 0.1) is 5.41 Å². The van der Waals surface area contributed by atoms with E-state index in [1.54, 1.807) is 20.8 Å². The first-order chi connectivity index (χ1) is 9.45. The molecule has 0 heterocycles. The van der Waals surface area contributed by atoms with E-state index in [0.29, 0.717) is 0 Å². The summed E-state index contributed by atoms with van der Waals surface area (Å²) in [5.41, 5.74) is -2.28. The molecule has 0 amide bonds. The Hall–Kier alpha value is -0.880. The highest BCUT2D eigenvalue weighted by atomic mass is 32.2. The fourth-order valence-electron chi connectivity index (χ4n) is 1.94. The number of alkyl halides is 2. The average molecular weight is 322 g/mol. The summed E-state index contributed by atoms with van der Waals surface area (Å²) in [6, 6.07) is 5.18. The third-order valence-corrected chi connectivity index (χ3v) is 5.78. The van der Waals surface area contributed by atoms with Gasteiger partial charge in [0.2, 0.25) is 0 Å². The lowest BCUT2D eigenvalue weighted by atomic mass is 9.78. The SMILES string of the molecule is CC(C)(C)[S@](=O)C[C@](C)(c1ccccc1F)C(F)(F)CO. The molecule has 0 aliphatic carbocycles. The topological polar surface area (TPSA) is 37.3 Å². The van der Waals surface area contributed by atoms with Crippen molar-refractivity contribution in [3.05, 3.63) is 35.6 Å². The largest absolute Gasteiger partial charge is 0.390 e. The number of halogens is 3. The molecule has 2 nitrogen and oxygen atoms in total. The molecule has 0 aromatic heterocycles. The van der Waals surface area contributed by atoms with Crippen LogP contribution in [0.5, 0.6) is 0 Å². The number of aliphatic hydroxyl groups is 1. The maximum absolute atomic E-state index is 14.3. The lowest BCUT2D eigenvalue weighted by molar-refractivity contribution is -0.103. The van der Waals surface area contributed by atoms with Crippen LogP contribution >= 0.6 is 0 Å². The van der Waals surface area contributed by atoms with Crippen LogP contribution in [0.15, 0.2) is 24.3 Å². The van der Waals surface area contributed by atoms with Crippen molar-refractivity contribution in [1.82, 2.24) is 0 Å². The van der Waals surface area contributed by atoms with E-state index in [1.165, 1.54) is 18.2 Å². The lowest BCUT2D eigenvalue weighted by Crippen LogP contribution is -2.51. The quantitative estimate of drug-likeness (QED) is 0.903. The zero-order chi connectivity index (χ0) is 16.5. The molecule has 0 bridgehead atoms. The molecule has 1 aromatic carbocycles. The normalized spacial score (nSPS) is 17.3. The summed E-state index contributed by atoms with van der Waals surface area (Å²) in [5.74, 6) is -4.82. The van der Waals surface area contributed by atoms with E-state index in [1.807, 2.05) is 0 Å². The molecule has 0 spiro atoms. The van der Waals surface area contributed by atoms with Crippen LogP contribution in [0.1, 0.15) is 33.3 Å². The first-order valence-electron chi connectivity index (χ1n) is 6.58. The number of hydrogen-bond acceptors (Lipinski definition) is 2. The van der Waals surface area contributed by atoms with Gasteiger partial charge in [0.1, 0.15) is 12.4 Å². The number of aliphatic hydroxyl groups excluding tert-OH is 1. The van der Waals surface area contributed by atoms with Crippen molar-refractivity contribution in [3.8, 4) is 0 Å². The van der Waals surface area contributed by atoms with Crippen LogP contribution in [0.4, 0.5) is 13.2 Å². The van der Waals surface area contributed by atoms with E-state index in [2.05, 4.69) is 0 Å².